The number of anilines is 2. The molecule has 0 bridgehead atoms. The summed E-state index contributed by atoms with van der Waals surface area (Å²) in [6.07, 6.45) is 1.07. The number of hydrogen-bond donors (Lipinski definition) is 1. The zero-order valence-electron chi connectivity index (χ0n) is 15.7. The lowest BCUT2D eigenvalue weighted by Crippen LogP contribution is -2.47. The Morgan fingerprint density at radius 1 is 1.21 bits per heavy atom. The third-order valence-electron chi connectivity index (χ3n) is 5.06. The van der Waals surface area contributed by atoms with Gasteiger partial charge in [-0.3, -0.25) is 9.58 Å². The minimum Gasteiger partial charge on any atom is -0.447 e. The van der Waals surface area contributed by atoms with Gasteiger partial charge in [-0.2, -0.15) is 5.10 Å². The van der Waals surface area contributed by atoms with Crippen LogP contribution in [0.15, 0.2) is 18.3 Å². The van der Waals surface area contributed by atoms with Crippen LogP contribution in [0, 0.1) is 17.5 Å². The van der Waals surface area contributed by atoms with Crippen LogP contribution in [-0.2, 0) is 17.8 Å². The van der Waals surface area contributed by atoms with E-state index in [1.54, 1.807) is 17.8 Å². The summed E-state index contributed by atoms with van der Waals surface area (Å²) in [6.45, 7) is 4.37. The number of carbonyl (C=O) groups excluding carboxylic acids is 2. The first-order chi connectivity index (χ1) is 13.8. The molecule has 2 aliphatic heterocycles. The first kappa shape index (κ1) is 19.1. The van der Waals surface area contributed by atoms with Crippen LogP contribution in [0.5, 0.6) is 0 Å². The topological polar surface area (TPSA) is 79.7 Å². The fourth-order valence-corrected chi connectivity index (χ4v) is 3.53. The molecule has 2 aliphatic rings. The van der Waals surface area contributed by atoms with Crippen LogP contribution in [0.2, 0.25) is 0 Å². The monoisotopic (exact) mass is 409 g/mol. The summed E-state index contributed by atoms with van der Waals surface area (Å²) >= 11 is 0. The number of nitrogens with zero attached hydrogens (tertiary/aromatic N) is 4. The molecule has 0 saturated carbocycles. The number of carbonyl (C=O) groups is 2. The summed E-state index contributed by atoms with van der Waals surface area (Å²) in [5.74, 6) is -4.39. The Hall–Kier alpha value is -3.24. The summed E-state index contributed by atoms with van der Waals surface area (Å²) in [6, 6.07) is 0.348. The van der Waals surface area contributed by atoms with E-state index >= 15 is 0 Å². The minimum absolute atomic E-state index is 0.116. The highest BCUT2D eigenvalue weighted by Crippen LogP contribution is 2.31. The van der Waals surface area contributed by atoms with E-state index in [-0.39, 0.29) is 30.9 Å². The van der Waals surface area contributed by atoms with Gasteiger partial charge in [-0.15, -0.1) is 0 Å². The average molecular weight is 409 g/mol. The highest BCUT2D eigenvalue weighted by Gasteiger charge is 2.37. The molecule has 3 heterocycles. The molecule has 0 radical (unpaired) electrons. The van der Waals surface area contributed by atoms with Crippen LogP contribution in [0.3, 0.4) is 0 Å². The van der Waals surface area contributed by atoms with Crippen LogP contribution >= 0.6 is 0 Å². The minimum atomic E-state index is -1.60. The lowest BCUT2D eigenvalue weighted by Gasteiger charge is -2.35. The molecule has 1 saturated heterocycles. The van der Waals surface area contributed by atoms with E-state index in [2.05, 4.69) is 10.4 Å². The number of fused-ring (bicyclic) bond motifs is 1. The maximum absolute atomic E-state index is 13.4. The quantitative estimate of drug-likeness (QED) is 0.774. The molecule has 0 aliphatic carbocycles. The highest BCUT2D eigenvalue weighted by molar-refractivity contribution is 5.92. The number of hydrogen-bond acceptors (Lipinski definition) is 4. The lowest BCUT2D eigenvalue weighted by molar-refractivity contribution is 0.161. The van der Waals surface area contributed by atoms with E-state index in [1.165, 1.54) is 9.80 Å². The molecule has 1 fully saturated rings. The van der Waals surface area contributed by atoms with E-state index in [0.717, 1.165) is 0 Å². The molecule has 1 aromatic heterocycles. The van der Waals surface area contributed by atoms with Gasteiger partial charge in [0.25, 0.3) is 0 Å². The second-order valence-electron chi connectivity index (χ2n) is 7.12. The van der Waals surface area contributed by atoms with Crippen molar-refractivity contribution in [2.24, 2.45) is 0 Å². The van der Waals surface area contributed by atoms with E-state index in [9.17, 15) is 22.8 Å². The van der Waals surface area contributed by atoms with Gasteiger partial charge in [0.15, 0.2) is 17.5 Å². The Bertz CT molecular complexity index is 972. The van der Waals surface area contributed by atoms with E-state index in [4.69, 9.17) is 4.74 Å². The molecule has 0 unspecified atom stereocenters. The predicted octanol–water partition coefficient (Wildman–Crippen LogP) is 3.08. The molecule has 2 aromatic rings. The first-order valence-corrected chi connectivity index (χ1v) is 8.99. The molecular weight excluding hydrogens is 391 g/mol. The number of halogens is 3. The molecule has 8 nitrogen and oxygen atoms in total. The van der Waals surface area contributed by atoms with Gasteiger partial charge in [0, 0.05) is 17.8 Å². The number of aromatic nitrogens is 2. The molecule has 29 heavy (non-hydrogen) atoms. The Labute approximate surface area is 163 Å². The van der Waals surface area contributed by atoms with Crippen molar-refractivity contribution in [3.05, 3.63) is 41.5 Å². The lowest BCUT2D eigenvalue weighted by atomic mass is 10.1. The molecule has 1 N–H and O–H groups in total. The molecule has 4 rings (SSSR count). The van der Waals surface area contributed by atoms with Crippen LogP contribution in [0.1, 0.15) is 19.5 Å². The van der Waals surface area contributed by atoms with Gasteiger partial charge in [0.2, 0.25) is 0 Å². The maximum Gasteiger partial charge on any atom is 0.414 e. The van der Waals surface area contributed by atoms with Crippen molar-refractivity contribution in [1.82, 2.24) is 14.7 Å². The largest absolute Gasteiger partial charge is 0.447 e. The number of nitrogens with one attached hydrogen (secondary N) is 1. The van der Waals surface area contributed by atoms with Gasteiger partial charge in [-0.05, 0) is 13.8 Å². The van der Waals surface area contributed by atoms with E-state index in [1.807, 2.05) is 6.92 Å². The van der Waals surface area contributed by atoms with Crippen molar-refractivity contribution in [2.75, 3.05) is 16.8 Å². The van der Waals surface area contributed by atoms with Crippen LogP contribution in [0.25, 0.3) is 0 Å². The number of ether oxygens (including phenoxy) is 1. The fraction of sp³-hybridized carbons (Fsp3) is 0.389. The Morgan fingerprint density at radius 3 is 2.52 bits per heavy atom. The molecule has 2 atom stereocenters. The van der Waals surface area contributed by atoms with Crippen molar-refractivity contribution >= 4 is 23.5 Å². The Balaban J connectivity index is 1.57. The van der Waals surface area contributed by atoms with Gasteiger partial charge in [-0.1, -0.05) is 0 Å². The summed E-state index contributed by atoms with van der Waals surface area (Å²) < 4.78 is 46.7. The summed E-state index contributed by atoms with van der Waals surface area (Å²) in [5.41, 5.74) is 0.985. The van der Waals surface area contributed by atoms with Gasteiger partial charge < -0.3 is 15.0 Å². The molecule has 154 valence electrons. The molecule has 11 heteroatoms. The molecular formula is C18H18F3N5O3. The highest BCUT2D eigenvalue weighted by atomic mass is 19.2. The zero-order chi connectivity index (χ0) is 20.9. The fourth-order valence-electron chi connectivity index (χ4n) is 3.53. The predicted molar refractivity (Wildman–Crippen MR) is 95.9 cm³/mol. The van der Waals surface area contributed by atoms with Gasteiger partial charge in [0.05, 0.1) is 42.8 Å². The summed E-state index contributed by atoms with van der Waals surface area (Å²) in [4.78, 5) is 27.7. The van der Waals surface area contributed by atoms with Crippen LogP contribution in [0.4, 0.5) is 34.1 Å². The number of benzene rings is 1. The first-order valence-electron chi connectivity index (χ1n) is 8.99. The normalized spacial score (nSPS) is 21.2. The SMILES string of the molecule is C[C@H]1Cn2ncc(N3C(=O)OC[C@@H]3C)c2CN1C(=O)Nc1cc(F)c(F)c(F)c1. The van der Waals surface area contributed by atoms with Crippen molar-refractivity contribution in [3.63, 3.8) is 0 Å². The van der Waals surface area contributed by atoms with Crippen molar-refractivity contribution in [2.45, 2.75) is 39.0 Å². The maximum atomic E-state index is 13.4. The van der Waals surface area contributed by atoms with Gasteiger partial charge in [0.1, 0.15) is 6.61 Å². The zero-order valence-corrected chi connectivity index (χ0v) is 15.7. The standard InChI is InChI=1S/C18H18F3N5O3/c1-9-6-25-15(14(5-22-25)26-10(2)8-29-18(26)28)7-24(9)17(27)23-11-3-12(19)16(21)13(20)4-11/h3-5,9-10H,6-8H2,1-2H3,(H,23,27)/t9-,10-/m0/s1. The molecule has 1 aromatic carbocycles. The molecule has 0 spiro atoms. The third-order valence-corrected chi connectivity index (χ3v) is 5.06. The smallest absolute Gasteiger partial charge is 0.414 e. The van der Waals surface area contributed by atoms with Crippen LogP contribution in [-0.4, -0.2) is 45.5 Å². The van der Waals surface area contributed by atoms with Crippen LogP contribution < -0.4 is 10.2 Å². The second kappa shape index (κ2) is 6.98. The molecule has 3 amide bonds. The number of cyclic esters (lactones) is 1. The average Bonchev–Trinajstić information content (AvgIpc) is 3.20. The second-order valence-corrected chi connectivity index (χ2v) is 7.12. The number of amides is 3. The number of urea groups is 1. The van der Waals surface area contributed by atoms with E-state index < -0.39 is 29.6 Å². The van der Waals surface area contributed by atoms with Gasteiger partial charge >= 0.3 is 12.1 Å². The number of rotatable bonds is 2. The van der Waals surface area contributed by atoms with E-state index in [0.29, 0.717) is 30.1 Å². The van der Waals surface area contributed by atoms with Gasteiger partial charge in [-0.25, -0.2) is 22.8 Å². The summed E-state index contributed by atoms with van der Waals surface area (Å²) in [5, 5.41) is 6.69. The van der Waals surface area contributed by atoms with Crippen molar-refractivity contribution in [1.29, 1.82) is 0 Å². The Kier molecular flexibility index (Phi) is 4.59. The Morgan fingerprint density at radius 2 is 1.90 bits per heavy atom. The third kappa shape index (κ3) is 3.26. The van der Waals surface area contributed by atoms with Crippen molar-refractivity contribution in [3.8, 4) is 0 Å². The van der Waals surface area contributed by atoms with Crippen molar-refractivity contribution < 1.29 is 27.5 Å². The summed E-state index contributed by atoms with van der Waals surface area (Å²) in [7, 11) is 0.